The minimum absolute atomic E-state index is 0.00592. The second kappa shape index (κ2) is 12.3. The summed E-state index contributed by atoms with van der Waals surface area (Å²) in [5.41, 5.74) is 3.21. The lowest BCUT2D eigenvalue weighted by Crippen LogP contribution is -2.33. The first-order chi connectivity index (χ1) is 19.1. The summed E-state index contributed by atoms with van der Waals surface area (Å²) in [7, 11) is -1.85. The summed E-state index contributed by atoms with van der Waals surface area (Å²) in [4.78, 5) is 34.3. The van der Waals surface area contributed by atoms with Crippen molar-refractivity contribution in [2.45, 2.75) is 26.7 Å². The van der Waals surface area contributed by atoms with Gasteiger partial charge in [-0.3, -0.25) is 9.59 Å². The van der Waals surface area contributed by atoms with E-state index in [2.05, 4.69) is 19.6 Å². The fourth-order valence-corrected chi connectivity index (χ4v) is 4.68. The average molecular weight is 575 g/mol. The Morgan fingerprint density at radius 1 is 0.900 bits per heavy atom. The number of fused-ring (bicyclic) bond motifs is 2. The monoisotopic (exact) mass is 574 g/mol. The van der Waals surface area contributed by atoms with Gasteiger partial charge in [0.05, 0.1) is 20.8 Å². The van der Waals surface area contributed by atoms with Crippen LogP contribution in [0.1, 0.15) is 25.0 Å². The van der Waals surface area contributed by atoms with E-state index in [-0.39, 0.29) is 24.0 Å². The maximum atomic E-state index is 12.6. The molecule has 2 amide bonds. The fraction of sp³-hybridized carbons (Fsp3) is 0.308. The molecule has 0 radical (unpaired) electrons. The van der Waals surface area contributed by atoms with Crippen LogP contribution in [0.15, 0.2) is 42.7 Å². The number of hydrogen-bond donors (Lipinski definition) is 3. The van der Waals surface area contributed by atoms with E-state index in [9.17, 15) is 18.0 Å². The first-order valence-electron chi connectivity index (χ1n) is 12.3. The molecule has 2 aromatic heterocycles. The molecule has 0 bridgehead atoms. The number of methoxy groups -OCH3 is 2. The van der Waals surface area contributed by atoms with Gasteiger partial charge in [-0.2, -0.15) is 13.5 Å². The Hall–Kier alpha value is -4.27. The SMILES string of the molecule is COc1ccc2[nH]cc(CCN(OOS(=O)(=O)Oc3cc4[nH]cc(CCNC(C)=O)c4cc3OC)C(C)=O)c2c1. The van der Waals surface area contributed by atoms with Crippen LogP contribution in [0.2, 0.25) is 0 Å². The van der Waals surface area contributed by atoms with Gasteiger partial charge in [-0.05, 0) is 52.6 Å². The summed E-state index contributed by atoms with van der Waals surface area (Å²) in [6, 6.07) is 8.59. The zero-order valence-corrected chi connectivity index (χ0v) is 23.2. The molecule has 2 aromatic carbocycles. The summed E-state index contributed by atoms with van der Waals surface area (Å²) in [5, 5.41) is 5.16. The number of carbonyl (C=O) groups is 2. The molecule has 3 N–H and O–H groups in total. The third-order valence-corrected chi connectivity index (χ3v) is 6.74. The number of aromatic amines is 2. The summed E-state index contributed by atoms with van der Waals surface area (Å²) in [6.07, 6.45) is 4.42. The molecule has 40 heavy (non-hydrogen) atoms. The molecule has 0 unspecified atom stereocenters. The largest absolute Gasteiger partial charge is 0.497 e. The summed E-state index contributed by atoms with van der Waals surface area (Å²) in [5.74, 6) is -0.0738. The number of hydrogen-bond acceptors (Lipinski definition) is 9. The summed E-state index contributed by atoms with van der Waals surface area (Å²) >= 11 is 0. The van der Waals surface area contributed by atoms with Crippen molar-refractivity contribution in [3.05, 3.63) is 53.9 Å². The Labute approximate surface area is 230 Å². The molecule has 0 saturated carbocycles. The van der Waals surface area contributed by atoms with E-state index in [1.54, 1.807) is 25.6 Å². The van der Waals surface area contributed by atoms with Crippen LogP contribution in [0.4, 0.5) is 0 Å². The second-order valence-corrected chi connectivity index (χ2v) is 9.95. The minimum Gasteiger partial charge on any atom is -0.497 e. The quantitative estimate of drug-likeness (QED) is 0.161. The van der Waals surface area contributed by atoms with E-state index in [4.69, 9.17) is 18.6 Å². The highest BCUT2D eigenvalue weighted by Crippen LogP contribution is 2.35. The van der Waals surface area contributed by atoms with Crippen molar-refractivity contribution in [3.63, 3.8) is 0 Å². The summed E-state index contributed by atoms with van der Waals surface area (Å²) < 4.78 is 45.4. The van der Waals surface area contributed by atoms with Crippen LogP contribution in [0.25, 0.3) is 21.8 Å². The number of benzene rings is 2. The van der Waals surface area contributed by atoms with Gasteiger partial charge in [-0.15, -0.1) is 0 Å². The molecule has 214 valence electrons. The smallest absolute Gasteiger partial charge is 0.478 e. The standard InChI is InChI=1S/C26H30N4O9S/c1-16(31)27-9-7-18-14-29-24-13-26(25(36-4)12-22(18)24)37-40(33,34)39-38-30(17(2)32)10-8-19-15-28-23-6-5-20(35-3)11-21(19)23/h5-6,11-15,28-29H,7-10H2,1-4H3,(H,27,31). The van der Waals surface area contributed by atoms with E-state index in [1.807, 2.05) is 18.2 Å². The van der Waals surface area contributed by atoms with E-state index in [0.717, 1.165) is 32.5 Å². The maximum Gasteiger partial charge on any atom is 0.478 e. The van der Waals surface area contributed by atoms with Crippen LogP contribution in [-0.4, -0.2) is 62.6 Å². The van der Waals surface area contributed by atoms with Crippen LogP contribution >= 0.6 is 0 Å². The number of nitrogens with one attached hydrogen (secondary N) is 3. The number of hydroxylamine groups is 2. The van der Waals surface area contributed by atoms with Crippen LogP contribution in [0, 0.1) is 0 Å². The molecule has 4 aromatic rings. The Kier molecular flexibility index (Phi) is 8.82. The summed E-state index contributed by atoms with van der Waals surface area (Å²) in [6.45, 7) is 3.07. The molecule has 2 heterocycles. The molecule has 13 nitrogen and oxygen atoms in total. The zero-order chi connectivity index (χ0) is 28.9. The molecule has 4 rings (SSSR count). The highest BCUT2D eigenvalue weighted by molar-refractivity contribution is 7.82. The number of amides is 2. The Balaban J connectivity index is 1.42. The number of aromatic nitrogens is 2. The van der Waals surface area contributed by atoms with Gasteiger partial charge in [0.15, 0.2) is 11.5 Å². The first-order valence-corrected chi connectivity index (χ1v) is 13.6. The first kappa shape index (κ1) is 28.7. The maximum absolute atomic E-state index is 12.6. The van der Waals surface area contributed by atoms with Gasteiger partial charge in [0.2, 0.25) is 11.8 Å². The molecule has 0 spiro atoms. The predicted octanol–water partition coefficient (Wildman–Crippen LogP) is 2.92. The number of nitrogens with zero attached hydrogens (tertiary/aromatic N) is 1. The predicted molar refractivity (Wildman–Crippen MR) is 145 cm³/mol. The lowest BCUT2D eigenvalue weighted by molar-refractivity contribution is -0.350. The molecule has 0 aliphatic rings. The molecular weight excluding hydrogens is 544 g/mol. The van der Waals surface area contributed by atoms with Gasteiger partial charge in [0.25, 0.3) is 0 Å². The van der Waals surface area contributed by atoms with Crippen LogP contribution < -0.4 is 19.0 Å². The van der Waals surface area contributed by atoms with E-state index >= 15 is 0 Å². The van der Waals surface area contributed by atoms with Gasteiger partial charge in [-0.1, -0.05) is 4.99 Å². The lowest BCUT2D eigenvalue weighted by atomic mass is 10.1. The molecule has 0 aliphatic heterocycles. The number of carbonyl (C=O) groups excluding carboxylic acids is 2. The van der Waals surface area contributed by atoms with Crippen molar-refractivity contribution in [1.82, 2.24) is 20.3 Å². The Morgan fingerprint density at radius 3 is 2.27 bits per heavy atom. The van der Waals surface area contributed by atoms with Crippen molar-refractivity contribution >= 4 is 44.0 Å². The van der Waals surface area contributed by atoms with Crippen molar-refractivity contribution in [3.8, 4) is 17.2 Å². The van der Waals surface area contributed by atoms with E-state index < -0.39 is 16.3 Å². The van der Waals surface area contributed by atoms with E-state index in [1.165, 1.54) is 27.0 Å². The molecule has 0 aliphatic carbocycles. The Bertz CT molecular complexity index is 1630. The van der Waals surface area contributed by atoms with Gasteiger partial charge in [0.1, 0.15) is 5.75 Å². The van der Waals surface area contributed by atoms with Crippen molar-refractivity contribution < 1.29 is 41.0 Å². The van der Waals surface area contributed by atoms with E-state index in [0.29, 0.717) is 30.7 Å². The number of rotatable bonds is 13. The van der Waals surface area contributed by atoms with Crippen LogP contribution in [-0.2, 0) is 42.2 Å². The third-order valence-electron chi connectivity index (χ3n) is 6.13. The highest BCUT2D eigenvalue weighted by atomic mass is 32.3. The van der Waals surface area contributed by atoms with Crippen molar-refractivity contribution in [2.75, 3.05) is 27.3 Å². The van der Waals surface area contributed by atoms with Crippen LogP contribution in [0.5, 0.6) is 17.2 Å². The molecule has 14 heteroatoms. The molecule has 0 saturated heterocycles. The van der Waals surface area contributed by atoms with Gasteiger partial charge >= 0.3 is 10.4 Å². The molecule has 0 atom stereocenters. The normalized spacial score (nSPS) is 11.5. The molecule has 0 fully saturated rings. The molecular formula is C26H30N4O9S. The van der Waals surface area contributed by atoms with Crippen LogP contribution in [0.3, 0.4) is 0 Å². The lowest BCUT2D eigenvalue weighted by Gasteiger charge is -2.18. The fourth-order valence-electron chi connectivity index (χ4n) is 4.15. The average Bonchev–Trinajstić information content (AvgIpc) is 3.50. The topological polar surface area (TPSA) is 161 Å². The van der Waals surface area contributed by atoms with Gasteiger partial charge in [-0.25, -0.2) is 0 Å². The van der Waals surface area contributed by atoms with Crippen molar-refractivity contribution in [2.24, 2.45) is 0 Å². The zero-order valence-electron chi connectivity index (χ0n) is 22.4. The highest BCUT2D eigenvalue weighted by Gasteiger charge is 2.23. The third kappa shape index (κ3) is 6.83. The minimum atomic E-state index is -4.78. The van der Waals surface area contributed by atoms with Gasteiger partial charge < -0.3 is 28.9 Å². The van der Waals surface area contributed by atoms with Crippen molar-refractivity contribution in [1.29, 1.82) is 0 Å². The van der Waals surface area contributed by atoms with Gasteiger partial charge in [0, 0.05) is 60.7 Å². The second-order valence-electron chi connectivity index (χ2n) is 8.83. The number of H-pyrrole nitrogens is 2. The Morgan fingerprint density at radius 2 is 1.60 bits per heavy atom. The number of ether oxygens (including phenoxy) is 2.